The summed E-state index contributed by atoms with van der Waals surface area (Å²) in [5.74, 6) is 0.138. The van der Waals surface area contributed by atoms with E-state index >= 15 is 0 Å². The molecule has 0 spiro atoms. The second-order valence-corrected chi connectivity index (χ2v) is 5.62. The van der Waals surface area contributed by atoms with Gasteiger partial charge in [0.25, 0.3) is 0 Å². The van der Waals surface area contributed by atoms with Crippen molar-refractivity contribution in [3.05, 3.63) is 0 Å². The van der Waals surface area contributed by atoms with Crippen LogP contribution in [-0.2, 0) is 9.53 Å². The van der Waals surface area contributed by atoms with Crippen molar-refractivity contribution in [1.82, 2.24) is 15.5 Å². The molecule has 2 atom stereocenters. The van der Waals surface area contributed by atoms with Crippen LogP contribution in [0.15, 0.2) is 0 Å². The molecule has 2 saturated heterocycles. The van der Waals surface area contributed by atoms with E-state index < -0.39 is 0 Å². The Labute approximate surface area is 116 Å². The summed E-state index contributed by atoms with van der Waals surface area (Å²) >= 11 is 0. The molecule has 2 aliphatic heterocycles. The van der Waals surface area contributed by atoms with E-state index in [4.69, 9.17) is 4.74 Å². The monoisotopic (exact) mass is 269 g/mol. The first-order valence-electron chi connectivity index (χ1n) is 7.56. The Kier molecular flexibility index (Phi) is 6.07. The first kappa shape index (κ1) is 14.8. The summed E-state index contributed by atoms with van der Waals surface area (Å²) in [5.41, 5.74) is 0. The predicted molar refractivity (Wildman–Crippen MR) is 75.1 cm³/mol. The van der Waals surface area contributed by atoms with E-state index in [9.17, 15) is 4.79 Å². The minimum atomic E-state index is 0.138. The highest BCUT2D eigenvalue weighted by molar-refractivity contribution is 5.78. The number of rotatable bonds is 6. The van der Waals surface area contributed by atoms with Gasteiger partial charge in [-0.15, -0.1) is 0 Å². The van der Waals surface area contributed by atoms with E-state index in [-0.39, 0.29) is 12.0 Å². The van der Waals surface area contributed by atoms with E-state index in [0.29, 0.717) is 19.1 Å². The van der Waals surface area contributed by atoms with Crippen molar-refractivity contribution in [1.29, 1.82) is 0 Å². The number of nitrogens with one attached hydrogen (secondary N) is 2. The lowest BCUT2D eigenvalue weighted by Gasteiger charge is -2.35. The molecule has 2 rings (SSSR count). The van der Waals surface area contributed by atoms with Crippen LogP contribution >= 0.6 is 0 Å². The normalized spacial score (nSPS) is 28.5. The number of carbonyl (C=O) groups excluding carboxylic acids is 1. The summed E-state index contributed by atoms with van der Waals surface area (Å²) in [6, 6.07) is 0.507. The van der Waals surface area contributed by atoms with E-state index in [0.717, 1.165) is 32.5 Å². The maximum absolute atomic E-state index is 12.0. The topological polar surface area (TPSA) is 53.6 Å². The quantitative estimate of drug-likeness (QED) is 0.731. The molecule has 0 bridgehead atoms. The molecule has 0 aromatic rings. The number of likely N-dealkylation sites (tertiary alicyclic amines) is 1. The zero-order valence-corrected chi connectivity index (χ0v) is 12.0. The zero-order valence-electron chi connectivity index (χ0n) is 12.0. The summed E-state index contributed by atoms with van der Waals surface area (Å²) in [6.45, 7) is 4.05. The van der Waals surface area contributed by atoms with Gasteiger partial charge in [0.05, 0.1) is 12.6 Å². The van der Waals surface area contributed by atoms with Crippen molar-refractivity contribution in [3.63, 3.8) is 0 Å². The van der Waals surface area contributed by atoms with Gasteiger partial charge in [-0.2, -0.15) is 0 Å². The van der Waals surface area contributed by atoms with Crippen LogP contribution in [0.3, 0.4) is 0 Å². The minimum Gasteiger partial charge on any atom is -0.376 e. The Balaban J connectivity index is 1.69. The molecule has 0 radical (unpaired) electrons. The van der Waals surface area contributed by atoms with Gasteiger partial charge >= 0.3 is 0 Å². The Bertz CT molecular complexity index is 278. The second kappa shape index (κ2) is 7.82. The molecule has 0 aliphatic carbocycles. The SMILES string of the molecule is CNCC1CCCCN1CC(=O)NCC1CCCO1. The Morgan fingerprint density at radius 1 is 1.26 bits per heavy atom. The fourth-order valence-corrected chi connectivity index (χ4v) is 3.01. The Hall–Kier alpha value is -0.650. The maximum Gasteiger partial charge on any atom is 0.234 e. The average Bonchev–Trinajstić information content (AvgIpc) is 2.92. The fourth-order valence-electron chi connectivity index (χ4n) is 3.01. The lowest BCUT2D eigenvalue weighted by atomic mass is 10.0. The van der Waals surface area contributed by atoms with Gasteiger partial charge in [0.2, 0.25) is 5.91 Å². The van der Waals surface area contributed by atoms with Crippen molar-refractivity contribution in [2.45, 2.75) is 44.2 Å². The van der Waals surface area contributed by atoms with Crippen molar-refractivity contribution in [3.8, 4) is 0 Å². The first-order chi connectivity index (χ1) is 9.29. The molecular weight excluding hydrogens is 242 g/mol. The number of piperidine rings is 1. The highest BCUT2D eigenvalue weighted by atomic mass is 16.5. The molecule has 2 N–H and O–H groups in total. The van der Waals surface area contributed by atoms with Crippen LogP contribution < -0.4 is 10.6 Å². The van der Waals surface area contributed by atoms with Gasteiger partial charge in [0.15, 0.2) is 0 Å². The number of amides is 1. The van der Waals surface area contributed by atoms with Crippen LogP contribution in [0.4, 0.5) is 0 Å². The summed E-state index contributed by atoms with van der Waals surface area (Å²) in [6.07, 6.45) is 6.11. The third-order valence-electron chi connectivity index (χ3n) is 4.09. The van der Waals surface area contributed by atoms with Crippen LogP contribution in [0.1, 0.15) is 32.1 Å². The molecule has 5 nitrogen and oxygen atoms in total. The smallest absolute Gasteiger partial charge is 0.234 e. The molecule has 19 heavy (non-hydrogen) atoms. The molecule has 2 fully saturated rings. The molecule has 2 aliphatic rings. The van der Waals surface area contributed by atoms with Crippen LogP contribution in [0.5, 0.6) is 0 Å². The van der Waals surface area contributed by atoms with Crippen molar-refractivity contribution in [2.24, 2.45) is 0 Å². The van der Waals surface area contributed by atoms with Gasteiger partial charge in [-0.3, -0.25) is 9.69 Å². The van der Waals surface area contributed by atoms with Crippen molar-refractivity contribution in [2.75, 3.05) is 39.8 Å². The van der Waals surface area contributed by atoms with Gasteiger partial charge in [-0.1, -0.05) is 6.42 Å². The molecular formula is C14H27N3O2. The van der Waals surface area contributed by atoms with Gasteiger partial charge in [0.1, 0.15) is 0 Å². The number of carbonyl (C=O) groups is 1. The van der Waals surface area contributed by atoms with Gasteiger partial charge < -0.3 is 15.4 Å². The Morgan fingerprint density at radius 3 is 2.89 bits per heavy atom. The largest absolute Gasteiger partial charge is 0.376 e. The summed E-state index contributed by atoms with van der Waals surface area (Å²) in [7, 11) is 1.98. The van der Waals surface area contributed by atoms with Crippen LogP contribution in [0.25, 0.3) is 0 Å². The number of likely N-dealkylation sites (N-methyl/N-ethyl adjacent to an activating group) is 1. The summed E-state index contributed by atoms with van der Waals surface area (Å²) in [4.78, 5) is 14.3. The van der Waals surface area contributed by atoms with Gasteiger partial charge in [0, 0.05) is 25.7 Å². The summed E-state index contributed by atoms with van der Waals surface area (Å²) in [5, 5.41) is 6.23. The molecule has 0 aromatic carbocycles. The molecule has 2 heterocycles. The highest BCUT2D eigenvalue weighted by Gasteiger charge is 2.24. The fraction of sp³-hybridized carbons (Fsp3) is 0.929. The van der Waals surface area contributed by atoms with Crippen LogP contribution in [0.2, 0.25) is 0 Å². The van der Waals surface area contributed by atoms with Gasteiger partial charge in [-0.25, -0.2) is 0 Å². The standard InChI is InChI=1S/C14H27N3O2/c1-15-9-12-5-2-3-7-17(12)11-14(18)16-10-13-6-4-8-19-13/h12-13,15H,2-11H2,1H3,(H,16,18). The van der Waals surface area contributed by atoms with E-state index in [2.05, 4.69) is 15.5 Å². The molecule has 5 heteroatoms. The number of hydrogen-bond donors (Lipinski definition) is 2. The molecule has 1 amide bonds. The second-order valence-electron chi connectivity index (χ2n) is 5.62. The van der Waals surface area contributed by atoms with E-state index in [1.54, 1.807) is 0 Å². The van der Waals surface area contributed by atoms with Crippen molar-refractivity contribution < 1.29 is 9.53 Å². The molecule has 110 valence electrons. The van der Waals surface area contributed by atoms with E-state index in [1.807, 2.05) is 7.05 Å². The van der Waals surface area contributed by atoms with Crippen LogP contribution in [0, 0.1) is 0 Å². The minimum absolute atomic E-state index is 0.138. The van der Waals surface area contributed by atoms with Crippen molar-refractivity contribution >= 4 is 5.91 Å². The Morgan fingerprint density at radius 2 is 2.16 bits per heavy atom. The molecule has 0 saturated carbocycles. The average molecular weight is 269 g/mol. The third kappa shape index (κ3) is 4.75. The number of nitrogens with zero attached hydrogens (tertiary/aromatic N) is 1. The highest BCUT2D eigenvalue weighted by Crippen LogP contribution is 2.16. The van der Waals surface area contributed by atoms with Gasteiger partial charge in [-0.05, 0) is 39.3 Å². The third-order valence-corrected chi connectivity index (χ3v) is 4.09. The lowest BCUT2D eigenvalue weighted by molar-refractivity contribution is -0.123. The molecule has 2 unspecified atom stereocenters. The summed E-state index contributed by atoms with van der Waals surface area (Å²) < 4.78 is 5.51. The number of hydrogen-bond acceptors (Lipinski definition) is 4. The first-order valence-corrected chi connectivity index (χ1v) is 7.56. The van der Waals surface area contributed by atoms with Crippen LogP contribution in [-0.4, -0.2) is 62.8 Å². The zero-order chi connectivity index (χ0) is 13.5. The predicted octanol–water partition coefficient (Wildman–Crippen LogP) is 0.356. The molecule has 0 aromatic heterocycles. The lowest BCUT2D eigenvalue weighted by Crippen LogP contribution is -2.49. The maximum atomic E-state index is 12.0. The number of ether oxygens (including phenoxy) is 1. The van der Waals surface area contributed by atoms with E-state index in [1.165, 1.54) is 19.3 Å².